The molecule has 0 aliphatic carbocycles. The van der Waals surface area contributed by atoms with Crippen LogP contribution in [0.3, 0.4) is 0 Å². The minimum Gasteiger partial charge on any atom is -0.339 e. The first kappa shape index (κ1) is 19.9. The molecular formula is C18H18FN3O5S. The number of nitrogens with zero attached hydrogens (tertiary/aromatic N) is 2. The van der Waals surface area contributed by atoms with Crippen LogP contribution >= 0.6 is 0 Å². The number of likely N-dealkylation sites (tertiary alicyclic amines) is 1. The number of carbonyl (C=O) groups excluding carboxylic acids is 1. The number of sulfonamides is 1. The second-order valence-electron chi connectivity index (χ2n) is 6.45. The summed E-state index contributed by atoms with van der Waals surface area (Å²) in [5, 5.41) is 10.7. The minimum absolute atomic E-state index is 0.0589. The van der Waals surface area contributed by atoms with E-state index in [0.717, 1.165) is 12.1 Å². The standard InChI is InChI=1S/C18H18FN3O5S/c19-14-3-1-2-13(12-14)18(23)21-10-8-15(9-11-21)20-28(26,27)17-6-4-16(5-7-17)22(24)25/h1-7,12,15,20H,8-11H2. The average molecular weight is 407 g/mol. The lowest BCUT2D eigenvalue weighted by molar-refractivity contribution is -0.384. The van der Waals surface area contributed by atoms with Crippen LogP contribution in [-0.2, 0) is 10.0 Å². The Hall–Kier alpha value is -2.85. The van der Waals surface area contributed by atoms with Crippen molar-refractivity contribution in [2.75, 3.05) is 13.1 Å². The molecular weight excluding hydrogens is 389 g/mol. The summed E-state index contributed by atoms with van der Waals surface area (Å²) in [6, 6.07) is 9.71. The zero-order chi connectivity index (χ0) is 20.3. The van der Waals surface area contributed by atoms with E-state index >= 15 is 0 Å². The number of piperidine rings is 1. The van der Waals surface area contributed by atoms with E-state index < -0.39 is 20.8 Å². The first-order chi connectivity index (χ1) is 13.3. The number of amides is 1. The molecule has 1 aliphatic heterocycles. The minimum atomic E-state index is -3.82. The van der Waals surface area contributed by atoms with Crippen molar-refractivity contribution in [2.24, 2.45) is 0 Å². The summed E-state index contributed by atoms with van der Waals surface area (Å²) in [6.07, 6.45) is 0.820. The van der Waals surface area contributed by atoms with E-state index in [2.05, 4.69) is 4.72 Å². The molecule has 0 unspecified atom stereocenters. The maximum absolute atomic E-state index is 13.3. The van der Waals surface area contributed by atoms with Crippen LogP contribution in [0.4, 0.5) is 10.1 Å². The molecule has 1 saturated heterocycles. The fourth-order valence-electron chi connectivity index (χ4n) is 3.04. The van der Waals surface area contributed by atoms with Crippen LogP contribution < -0.4 is 4.72 Å². The van der Waals surface area contributed by atoms with Gasteiger partial charge in [-0.1, -0.05) is 6.07 Å². The van der Waals surface area contributed by atoms with Gasteiger partial charge in [-0.05, 0) is 43.2 Å². The van der Waals surface area contributed by atoms with Crippen molar-refractivity contribution in [3.05, 3.63) is 70.0 Å². The van der Waals surface area contributed by atoms with Gasteiger partial charge in [0.25, 0.3) is 11.6 Å². The van der Waals surface area contributed by atoms with Crippen LogP contribution in [-0.4, -0.2) is 43.3 Å². The molecule has 2 aromatic carbocycles. The van der Waals surface area contributed by atoms with Crippen molar-refractivity contribution in [1.29, 1.82) is 0 Å². The molecule has 28 heavy (non-hydrogen) atoms. The van der Waals surface area contributed by atoms with Crippen LogP contribution in [0.5, 0.6) is 0 Å². The number of nitro groups is 1. The monoisotopic (exact) mass is 407 g/mol. The predicted molar refractivity (Wildman–Crippen MR) is 98.7 cm³/mol. The highest BCUT2D eigenvalue weighted by molar-refractivity contribution is 7.89. The summed E-state index contributed by atoms with van der Waals surface area (Å²) >= 11 is 0. The lowest BCUT2D eigenvalue weighted by Gasteiger charge is -2.32. The number of hydrogen-bond acceptors (Lipinski definition) is 5. The molecule has 1 amide bonds. The second kappa shape index (κ2) is 8.03. The Bertz CT molecular complexity index is 987. The molecule has 0 bridgehead atoms. The fraction of sp³-hybridized carbons (Fsp3) is 0.278. The van der Waals surface area contributed by atoms with Gasteiger partial charge in [0.2, 0.25) is 10.0 Å². The van der Waals surface area contributed by atoms with Crippen LogP contribution in [0.25, 0.3) is 0 Å². The Morgan fingerprint density at radius 3 is 2.36 bits per heavy atom. The smallest absolute Gasteiger partial charge is 0.269 e. The summed E-state index contributed by atoms with van der Waals surface area (Å²) in [7, 11) is -3.82. The Kier molecular flexibility index (Phi) is 5.71. The van der Waals surface area contributed by atoms with Crippen molar-refractivity contribution < 1.29 is 22.5 Å². The van der Waals surface area contributed by atoms with Gasteiger partial charge in [0.1, 0.15) is 5.82 Å². The number of benzene rings is 2. The molecule has 148 valence electrons. The summed E-state index contributed by atoms with van der Waals surface area (Å²) in [4.78, 5) is 24.0. The summed E-state index contributed by atoms with van der Waals surface area (Å²) in [6.45, 7) is 0.672. The first-order valence-electron chi connectivity index (χ1n) is 8.58. The maximum Gasteiger partial charge on any atom is 0.269 e. The highest BCUT2D eigenvalue weighted by Gasteiger charge is 2.27. The van der Waals surface area contributed by atoms with E-state index in [1.165, 1.54) is 36.4 Å². The van der Waals surface area contributed by atoms with Crippen LogP contribution in [0.2, 0.25) is 0 Å². The van der Waals surface area contributed by atoms with Crippen LogP contribution in [0.15, 0.2) is 53.4 Å². The quantitative estimate of drug-likeness (QED) is 0.604. The molecule has 1 N–H and O–H groups in total. The van der Waals surface area contributed by atoms with E-state index in [0.29, 0.717) is 25.9 Å². The summed E-state index contributed by atoms with van der Waals surface area (Å²) in [5.41, 5.74) is 0.0630. The lowest BCUT2D eigenvalue weighted by atomic mass is 10.0. The maximum atomic E-state index is 13.3. The Balaban J connectivity index is 1.60. The molecule has 8 nitrogen and oxygen atoms in total. The van der Waals surface area contributed by atoms with Gasteiger partial charge in [0.05, 0.1) is 9.82 Å². The Morgan fingerprint density at radius 2 is 1.79 bits per heavy atom. The molecule has 1 heterocycles. The number of hydrogen-bond donors (Lipinski definition) is 1. The van der Waals surface area contributed by atoms with Crippen molar-refractivity contribution in [1.82, 2.24) is 9.62 Å². The Morgan fingerprint density at radius 1 is 1.14 bits per heavy atom. The third-order valence-electron chi connectivity index (χ3n) is 4.53. The van der Waals surface area contributed by atoms with Gasteiger partial charge < -0.3 is 4.90 Å². The summed E-state index contributed by atoms with van der Waals surface area (Å²) in [5.74, 6) is -0.784. The van der Waals surface area contributed by atoms with Crippen LogP contribution in [0, 0.1) is 15.9 Å². The highest BCUT2D eigenvalue weighted by Crippen LogP contribution is 2.19. The van der Waals surface area contributed by atoms with Gasteiger partial charge in [-0.2, -0.15) is 0 Å². The average Bonchev–Trinajstić information content (AvgIpc) is 2.68. The fourth-order valence-corrected chi connectivity index (χ4v) is 4.34. The van der Waals surface area contributed by atoms with E-state index in [1.54, 1.807) is 4.90 Å². The zero-order valence-electron chi connectivity index (χ0n) is 14.7. The van der Waals surface area contributed by atoms with Gasteiger partial charge in [-0.3, -0.25) is 14.9 Å². The number of nitrogens with one attached hydrogen (secondary N) is 1. The molecule has 3 rings (SSSR count). The molecule has 0 atom stereocenters. The van der Waals surface area contributed by atoms with E-state index in [-0.39, 0.29) is 28.1 Å². The van der Waals surface area contributed by atoms with Gasteiger partial charge >= 0.3 is 0 Å². The number of halogens is 1. The number of rotatable bonds is 5. The zero-order valence-corrected chi connectivity index (χ0v) is 15.6. The van der Waals surface area contributed by atoms with Gasteiger partial charge in [0, 0.05) is 36.8 Å². The van der Waals surface area contributed by atoms with Crippen molar-refractivity contribution >= 4 is 21.6 Å². The van der Waals surface area contributed by atoms with Crippen LogP contribution in [0.1, 0.15) is 23.2 Å². The molecule has 0 saturated carbocycles. The normalized spacial score (nSPS) is 15.4. The van der Waals surface area contributed by atoms with Crippen molar-refractivity contribution in [3.63, 3.8) is 0 Å². The van der Waals surface area contributed by atoms with Gasteiger partial charge in [-0.25, -0.2) is 17.5 Å². The molecule has 2 aromatic rings. The molecule has 10 heteroatoms. The molecule has 1 fully saturated rings. The molecule has 0 aromatic heterocycles. The van der Waals surface area contributed by atoms with Crippen molar-refractivity contribution in [3.8, 4) is 0 Å². The van der Waals surface area contributed by atoms with E-state index in [4.69, 9.17) is 0 Å². The topological polar surface area (TPSA) is 110 Å². The second-order valence-corrected chi connectivity index (χ2v) is 8.16. The number of non-ortho nitro benzene ring substituents is 1. The number of carbonyl (C=O) groups is 1. The number of nitro benzene ring substituents is 1. The Labute approximate surface area is 161 Å². The predicted octanol–water partition coefficient (Wildman–Crippen LogP) is 2.32. The van der Waals surface area contributed by atoms with E-state index in [1.807, 2.05) is 0 Å². The molecule has 1 aliphatic rings. The highest BCUT2D eigenvalue weighted by atomic mass is 32.2. The lowest BCUT2D eigenvalue weighted by Crippen LogP contribution is -2.46. The largest absolute Gasteiger partial charge is 0.339 e. The third-order valence-corrected chi connectivity index (χ3v) is 6.07. The van der Waals surface area contributed by atoms with Gasteiger partial charge in [-0.15, -0.1) is 0 Å². The summed E-state index contributed by atoms with van der Waals surface area (Å²) < 4.78 is 40.8. The molecule has 0 spiro atoms. The molecule has 0 radical (unpaired) electrons. The third kappa shape index (κ3) is 4.52. The van der Waals surface area contributed by atoms with E-state index in [9.17, 15) is 27.7 Å². The SMILES string of the molecule is O=C(c1cccc(F)c1)N1CCC(NS(=O)(=O)c2ccc([N+](=O)[O-])cc2)CC1. The first-order valence-corrected chi connectivity index (χ1v) is 10.1. The van der Waals surface area contributed by atoms with Gasteiger partial charge in [0.15, 0.2) is 0 Å². The van der Waals surface area contributed by atoms with Crippen molar-refractivity contribution in [2.45, 2.75) is 23.8 Å².